The monoisotopic (exact) mass is 466 g/mol. The summed E-state index contributed by atoms with van der Waals surface area (Å²) in [5.41, 5.74) is 1.79. The molecular formula is C26H30N2O4S. The molecule has 6 nitrogen and oxygen atoms in total. The summed E-state index contributed by atoms with van der Waals surface area (Å²) in [5, 5.41) is 0.486. The molecule has 1 saturated heterocycles. The Morgan fingerprint density at radius 2 is 1.79 bits per heavy atom. The number of amides is 1. The van der Waals surface area contributed by atoms with Crippen LogP contribution in [0, 0.1) is 12.3 Å². The normalized spacial score (nSPS) is 16.7. The number of carbonyl (C=O) groups is 1. The number of carbonyl (C=O) groups excluding carboxylic acids is 1. The van der Waals surface area contributed by atoms with E-state index in [2.05, 4.69) is 12.8 Å². The Hall–Kier alpha value is -3.11. The number of terminal acetylenes is 1. The van der Waals surface area contributed by atoms with E-state index in [1.807, 2.05) is 56.3 Å². The zero-order chi connectivity index (χ0) is 23.6. The van der Waals surface area contributed by atoms with Crippen molar-refractivity contribution in [2.75, 3.05) is 26.4 Å². The molecule has 1 heterocycles. The smallest absolute Gasteiger partial charge is 0.242 e. The van der Waals surface area contributed by atoms with Crippen molar-refractivity contribution in [3.8, 4) is 29.6 Å². The highest BCUT2D eigenvalue weighted by Gasteiger charge is 2.37. The molecule has 2 aromatic rings. The Bertz CT molecular complexity index is 1010. The molecule has 0 saturated carbocycles. The summed E-state index contributed by atoms with van der Waals surface area (Å²) in [5.74, 6) is 4.59. The first-order valence-corrected chi connectivity index (χ1v) is 12.1. The molecule has 0 bridgehead atoms. The van der Waals surface area contributed by atoms with E-state index in [-0.39, 0.29) is 17.8 Å². The first-order chi connectivity index (χ1) is 16.1. The summed E-state index contributed by atoms with van der Waals surface area (Å²) < 4.78 is 16.8. The molecule has 1 fully saturated rings. The molecule has 0 aliphatic carbocycles. The van der Waals surface area contributed by atoms with E-state index in [0.717, 1.165) is 28.6 Å². The molecule has 0 radical (unpaired) electrons. The highest BCUT2D eigenvalue weighted by atomic mass is 32.2. The van der Waals surface area contributed by atoms with Crippen LogP contribution < -0.4 is 14.2 Å². The van der Waals surface area contributed by atoms with Gasteiger partial charge in [0.25, 0.3) is 0 Å². The van der Waals surface area contributed by atoms with Crippen LogP contribution in [0.3, 0.4) is 0 Å². The first kappa shape index (κ1) is 24.5. The maximum absolute atomic E-state index is 13.2. The van der Waals surface area contributed by atoms with Crippen LogP contribution in [0.4, 0.5) is 5.69 Å². The number of aliphatic imine (C=N–C) groups is 1. The predicted octanol–water partition coefficient (Wildman–Crippen LogP) is 5.08. The molecule has 7 heteroatoms. The van der Waals surface area contributed by atoms with Crippen LogP contribution in [0.15, 0.2) is 47.5 Å². The van der Waals surface area contributed by atoms with Crippen molar-refractivity contribution in [1.82, 2.24) is 4.90 Å². The number of hydrogen-bond acceptors (Lipinski definition) is 6. The lowest BCUT2D eigenvalue weighted by molar-refractivity contribution is -0.126. The number of amidine groups is 1. The molecule has 0 spiro atoms. The van der Waals surface area contributed by atoms with Crippen LogP contribution in [0.2, 0.25) is 0 Å². The van der Waals surface area contributed by atoms with E-state index in [1.54, 1.807) is 4.90 Å². The summed E-state index contributed by atoms with van der Waals surface area (Å²) in [4.78, 5) is 19.7. The van der Waals surface area contributed by atoms with Gasteiger partial charge in [-0.3, -0.25) is 9.69 Å². The lowest BCUT2D eigenvalue weighted by Gasteiger charge is -2.15. The topological polar surface area (TPSA) is 60.4 Å². The van der Waals surface area contributed by atoms with Crippen molar-refractivity contribution >= 4 is 28.5 Å². The fraction of sp³-hybridized carbons (Fsp3) is 0.385. The van der Waals surface area contributed by atoms with Crippen molar-refractivity contribution in [3.05, 3.63) is 48.0 Å². The first-order valence-electron chi connectivity index (χ1n) is 11.2. The van der Waals surface area contributed by atoms with Gasteiger partial charge in [0, 0.05) is 6.54 Å². The fourth-order valence-electron chi connectivity index (χ4n) is 3.45. The van der Waals surface area contributed by atoms with Crippen molar-refractivity contribution in [1.29, 1.82) is 0 Å². The number of rotatable bonds is 11. The molecule has 1 amide bonds. The third kappa shape index (κ3) is 6.45. The van der Waals surface area contributed by atoms with Gasteiger partial charge in [-0.2, -0.15) is 0 Å². The van der Waals surface area contributed by atoms with Gasteiger partial charge in [-0.1, -0.05) is 30.7 Å². The Morgan fingerprint density at radius 3 is 2.45 bits per heavy atom. The molecule has 2 aromatic carbocycles. The summed E-state index contributed by atoms with van der Waals surface area (Å²) in [6.45, 7) is 7.87. The van der Waals surface area contributed by atoms with Gasteiger partial charge in [-0.25, -0.2) is 4.99 Å². The number of nitrogens with zero attached hydrogens (tertiary/aromatic N) is 2. The van der Waals surface area contributed by atoms with Gasteiger partial charge in [0.2, 0.25) is 5.91 Å². The number of hydrogen-bond donors (Lipinski definition) is 0. The maximum atomic E-state index is 13.2. The minimum Gasteiger partial charge on any atom is -0.494 e. The van der Waals surface area contributed by atoms with Crippen LogP contribution in [-0.2, 0) is 11.2 Å². The van der Waals surface area contributed by atoms with Crippen LogP contribution in [0.25, 0.3) is 0 Å². The quantitative estimate of drug-likeness (QED) is 0.432. The summed E-state index contributed by atoms with van der Waals surface area (Å²) in [7, 11) is 0. The van der Waals surface area contributed by atoms with Gasteiger partial charge < -0.3 is 14.2 Å². The van der Waals surface area contributed by atoms with Gasteiger partial charge in [0.1, 0.15) is 12.4 Å². The van der Waals surface area contributed by atoms with Crippen LogP contribution in [0.1, 0.15) is 32.8 Å². The van der Waals surface area contributed by atoms with E-state index < -0.39 is 0 Å². The van der Waals surface area contributed by atoms with E-state index in [9.17, 15) is 4.79 Å². The van der Waals surface area contributed by atoms with Gasteiger partial charge >= 0.3 is 0 Å². The fourth-order valence-corrected chi connectivity index (χ4v) is 4.67. The number of ether oxygens (including phenoxy) is 3. The number of thioether (sulfide) groups is 1. The third-order valence-corrected chi connectivity index (χ3v) is 6.06. The van der Waals surface area contributed by atoms with Gasteiger partial charge in [-0.05, 0) is 68.7 Å². The molecule has 33 heavy (non-hydrogen) atoms. The Labute approximate surface area is 200 Å². The molecule has 1 aliphatic heterocycles. The van der Waals surface area contributed by atoms with Crippen LogP contribution in [-0.4, -0.2) is 47.6 Å². The Balaban J connectivity index is 1.79. The van der Waals surface area contributed by atoms with Crippen molar-refractivity contribution in [2.24, 2.45) is 4.99 Å². The lowest BCUT2D eigenvalue weighted by Crippen LogP contribution is -2.33. The highest BCUT2D eigenvalue weighted by Crippen LogP contribution is 2.35. The average molecular weight is 467 g/mol. The predicted molar refractivity (Wildman–Crippen MR) is 134 cm³/mol. The second-order valence-electron chi connectivity index (χ2n) is 7.33. The standard InChI is InChI=1S/C26H30N2O4S/c1-5-15-28-25(29)24(33-26(28)27-20-10-12-21(13-11-20)30-7-3)18-19-9-14-22(32-16-6-2)23(17-19)31-8-4/h2,9-14,17,24H,5,7-8,15-16,18H2,1,3-4H3/t24-/m0/s1. The molecule has 1 aliphatic rings. The zero-order valence-corrected chi connectivity index (χ0v) is 20.2. The van der Waals surface area contributed by atoms with E-state index in [0.29, 0.717) is 37.7 Å². The van der Waals surface area contributed by atoms with Crippen molar-refractivity contribution in [2.45, 2.75) is 38.9 Å². The summed E-state index contributed by atoms with van der Waals surface area (Å²) in [6.07, 6.45) is 6.73. The van der Waals surface area contributed by atoms with Gasteiger partial charge in [0.05, 0.1) is 24.2 Å². The molecule has 174 valence electrons. The lowest BCUT2D eigenvalue weighted by atomic mass is 10.1. The maximum Gasteiger partial charge on any atom is 0.242 e. The molecule has 3 rings (SSSR count). The largest absolute Gasteiger partial charge is 0.494 e. The minimum atomic E-state index is -0.245. The van der Waals surface area contributed by atoms with Crippen molar-refractivity contribution in [3.63, 3.8) is 0 Å². The molecule has 0 aromatic heterocycles. The minimum absolute atomic E-state index is 0.0807. The Kier molecular flexibility index (Phi) is 9.08. The second kappa shape index (κ2) is 12.2. The van der Waals surface area contributed by atoms with Crippen LogP contribution in [0.5, 0.6) is 17.2 Å². The zero-order valence-electron chi connectivity index (χ0n) is 19.4. The van der Waals surface area contributed by atoms with Crippen LogP contribution >= 0.6 is 11.8 Å². The van der Waals surface area contributed by atoms with Gasteiger partial charge in [-0.15, -0.1) is 6.42 Å². The molecule has 1 atom stereocenters. The average Bonchev–Trinajstić information content (AvgIpc) is 3.09. The summed E-state index contributed by atoms with van der Waals surface area (Å²) >= 11 is 1.50. The second-order valence-corrected chi connectivity index (χ2v) is 8.50. The van der Waals surface area contributed by atoms with E-state index >= 15 is 0 Å². The van der Waals surface area contributed by atoms with E-state index in [1.165, 1.54) is 11.8 Å². The highest BCUT2D eigenvalue weighted by molar-refractivity contribution is 8.15. The van der Waals surface area contributed by atoms with Crippen molar-refractivity contribution < 1.29 is 19.0 Å². The molecular weight excluding hydrogens is 436 g/mol. The number of benzene rings is 2. The van der Waals surface area contributed by atoms with E-state index in [4.69, 9.17) is 25.6 Å². The molecule has 0 N–H and O–H groups in total. The SMILES string of the molecule is C#CCOc1ccc(C[C@@H]2SC(=Nc3ccc(OCC)cc3)N(CCC)C2=O)cc1OCC. The summed E-state index contributed by atoms with van der Waals surface area (Å²) in [6, 6.07) is 13.3. The Morgan fingerprint density at radius 1 is 1.03 bits per heavy atom. The van der Waals surface area contributed by atoms with Gasteiger partial charge in [0.15, 0.2) is 16.7 Å². The third-order valence-electron chi connectivity index (χ3n) is 4.88. The molecule has 0 unspecified atom stereocenters.